The Hall–Kier alpha value is -2.93. The van der Waals surface area contributed by atoms with E-state index in [9.17, 15) is 14.0 Å². The third kappa shape index (κ3) is 4.71. The third-order valence-corrected chi connectivity index (χ3v) is 5.96. The van der Waals surface area contributed by atoms with Crippen LogP contribution >= 0.6 is 11.6 Å². The molecule has 0 fully saturated rings. The maximum atomic E-state index is 14.2. The van der Waals surface area contributed by atoms with E-state index in [1.807, 2.05) is 18.2 Å². The summed E-state index contributed by atoms with van der Waals surface area (Å²) in [6.07, 6.45) is 3.05. The van der Waals surface area contributed by atoms with Gasteiger partial charge in [-0.1, -0.05) is 48.0 Å². The van der Waals surface area contributed by atoms with E-state index in [1.54, 1.807) is 6.07 Å². The van der Waals surface area contributed by atoms with E-state index in [1.165, 1.54) is 26.9 Å². The summed E-state index contributed by atoms with van der Waals surface area (Å²) in [5, 5.41) is 7.60. The van der Waals surface area contributed by atoms with Crippen molar-refractivity contribution in [3.63, 3.8) is 0 Å². The quantitative estimate of drug-likeness (QED) is 0.569. The number of aromatic nitrogens is 3. The van der Waals surface area contributed by atoms with Crippen molar-refractivity contribution >= 4 is 17.5 Å². The summed E-state index contributed by atoms with van der Waals surface area (Å²) in [5.41, 5.74) is 1.09. The Morgan fingerprint density at radius 3 is 2.77 bits per heavy atom. The molecule has 1 aliphatic heterocycles. The van der Waals surface area contributed by atoms with Crippen molar-refractivity contribution in [3.8, 4) is 0 Å². The minimum Gasteiger partial charge on any atom is -0.355 e. The Bertz CT molecular complexity index is 1110. The molecule has 0 radical (unpaired) electrons. The molecule has 4 rings (SSSR count). The molecule has 31 heavy (non-hydrogen) atoms. The molecule has 1 atom stereocenters. The lowest BCUT2D eigenvalue weighted by Gasteiger charge is -2.21. The number of benzene rings is 2. The van der Waals surface area contributed by atoms with Crippen molar-refractivity contribution in [2.24, 2.45) is 0 Å². The van der Waals surface area contributed by atoms with Crippen LogP contribution < -0.4 is 11.0 Å². The number of amides is 1. The monoisotopic (exact) mass is 442 g/mol. The van der Waals surface area contributed by atoms with E-state index in [4.69, 9.17) is 11.6 Å². The van der Waals surface area contributed by atoms with E-state index in [2.05, 4.69) is 22.5 Å². The number of carbonyl (C=O) groups excluding carboxylic acids is 1. The van der Waals surface area contributed by atoms with Crippen LogP contribution in [0.25, 0.3) is 0 Å². The van der Waals surface area contributed by atoms with Crippen LogP contribution in [0.4, 0.5) is 4.39 Å². The Morgan fingerprint density at radius 2 is 2.00 bits per heavy atom. The normalized spacial score (nSPS) is 15.5. The van der Waals surface area contributed by atoms with Gasteiger partial charge in [-0.05, 0) is 43.4 Å². The highest BCUT2D eigenvalue weighted by atomic mass is 35.5. The molecule has 0 saturated carbocycles. The standard InChI is InChI=1S/C23H24ClFN4O2/c24-19-11-4-12-20(25)18(19)15-29-23(31)28-14-6-10-17(21(28)27-29)22(30)26-13-5-9-16-7-2-1-3-8-16/h1-4,7-8,11-12,17H,5-6,9-10,13-15H2,(H,26,30). The summed E-state index contributed by atoms with van der Waals surface area (Å²) in [6, 6.07) is 14.5. The Morgan fingerprint density at radius 1 is 1.19 bits per heavy atom. The molecule has 1 amide bonds. The summed E-state index contributed by atoms with van der Waals surface area (Å²) < 4.78 is 16.9. The van der Waals surface area contributed by atoms with Crippen LogP contribution in [0.5, 0.6) is 0 Å². The maximum Gasteiger partial charge on any atom is 0.346 e. The van der Waals surface area contributed by atoms with Crippen LogP contribution in [0.1, 0.15) is 42.1 Å². The van der Waals surface area contributed by atoms with E-state index >= 15 is 0 Å². The Balaban J connectivity index is 1.44. The van der Waals surface area contributed by atoms with Gasteiger partial charge in [0.1, 0.15) is 11.6 Å². The molecule has 8 heteroatoms. The van der Waals surface area contributed by atoms with Crippen molar-refractivity contribution < 1.29 is 9.18 Å². The summed E-state index contributed by atoms with van der Waals surface area (Å²) in [6.45, 7) is 0.979. The van der Waals surface area contributed by atoms with Gasteiger partial charge in [0.15, 0.2) is 0 Å². The van der Waals surface area contributed by atoms with Crippen LogP contribution in [0.15, 0.2) is 53.3 Å². The third-order valence-electron chi connectivity index (χ3n) is 5.61. The molecule has 6 nitrogen and oxygen atoms in total. The molecule has 0 saturated heterocycles. The molecule has 0 aliphatic carbocycles. The lowest BCUT2D eigenvalue weighted by Crippen LogP contribution is -2.35. The van der Waals surface area contributed by atoms with Crippen molar-refractivity contribution in [2.75, 3.05) is 6.54 Å². The highest BCUT2D eigenvalue weighted by molar-refractivity contribution is 6.31. The second-order valence-electron chi connectivity index (χ2n) is 7.73. The Labute approximate surface area is 184 Å². The van der Waals surface area contributed by atoms with Gasteiger partial charge in [-0.3, -0.25) is 9.36 Å². The number of rotatable bonds is 7. The van der Waals surface area contributed by atoms with Crippen LogP contribution in [0.2, 0.25) is 5.02 Å². The summed E-state index contributed by atoms with van der Waals surface area (Å²) in [4.78, 5) is 25.6. The van der Waals surface area contributed by atoms with Crippen molar-refractivity contribution in [1.82, 2.24) is 19.7 Å². The molecule has 162 valence electrons. The number of fused-ring (bicyclic) bond motifs is 1. The predicted octanol–water partition coefficient (Wildman–Crippen LogP) is 3.51. The molecule has 2 aromatic carbocycles. The fraction of sp³-hybridized carbons (Fsp3) is 0.348. The largest absolute Gasteiger partial charge is 0.355 e. The SMILES string of the molecule is O=C(NCCCc1ccccc1)C1CCCn2c1nn(Cc1c(F)cccc1Cl)c2=O. The van der Waals surface area contributed by atoms with Gasteiger partial charge in [0.25, 0.3) is 0 Å². The zero-order valence-corrected chi connectivity index (χ0v) is 17.8. The second-order valence-corrected chi connectivity index (χ2v) is 8.13. The number of aryl methyl sites for hydroxylation is 1. The fourth-order valence-corrected chi connectivity index (χ4v) is 4.19. The van der Waals surface area contributed by atoms with Gasteiger partial charge >= 0.3 is 5.69 Å². The number of nitrogens with one attached hydrogen (secondary N) is 1. The average Bonchev–Trinajstić information content (AvgIpc) is 3.10. The van der Waals surface area contributed by atoms with Gasteiger partial charge in [-0.15, -0.1) is 0 Å². The zero-order valence-electron chi connectivity index (χ0n) is 17.1. The first kappa shape index (κ1) is 21.3. The highest BCUT2D eigenvalue weighted by Crippen LogP contribution is 2.25. The Kier molecular flexibility index (Phi) is 6.51. The molecule has 1 aliphatic rings. The maximum absolute atomic E-state index is 14.2. The zero-order chi connectivity index (χ0) is 21.8. The predicted molar refractivity (Wildman–Crippen MR) is 117 cm³/mol. The lowest BCUT2D eigenvalue weighted by atomic mass is 9.98. The van der Waals surface area contributed by atoms with Gasteiger partial charge in [0, 0.05) is 23.7 Å². The smallest absolute Gasteiger partial charge is 0.346 e. The van der Waals surface area contributed by atoms with Crippen LogP contribution in [-0.2, 0) is 24.3 Å². The second kappa shape index (κ2) is 9.47. The first-order chi connectivity index (χ1) is 15.0. The van der Waals surface area contributed by atoms with Gasteiger partial charge in [-0.2, -0.15) is 5.10 Å². The first-order valence-electron chi connectivity index (χ1n) is 10.5. The number of carbonyl (C=O) groups is 1. The van der Waals surface area contributed by atoms with E-state index in [0.717, 1.165) is 12.8 Å². The van der Waals surface area contributed by atoms with Gasteiger partial charge in [-0.25, -0.2) is 13.9 Å². The fourth-order valence-electron chi connectivity index (χ4n) is 3.96. The summed E-state index contributed by atoms with van der Waals surface area (Å²) >= 11 is 6.10. The van der Waals surface area contributed by atoms with E-state index < -0.39 is 11.7 Å². The van der Waals surface area contributed by atoms with E-state index in [-0.39, 0.29) is 28.7 Å². The highest BCUT2D eigenvalue weighted by Gasteiger charge is 2.31. The van der Waals surface area contributed by atoms with Crippen LogP contribution in [-0.4, -0.2) is 26.8 Å². The topological polar surface area (TPSA) is 68.9 Å². The first-order valence-corrected chi connectivity index (χ1v) is 10.8. The van der Waals surface area contributed by atoms with E-state index in [0.29, 0.717) is 31.8 Å². The number of halogens is 2. The van der Waals surface area contributed by atoms with Crippen LogP contribution in [0, 0.1) is 5.82 Å². The molecular weight excluding hydrogens is 419 g/mol. The van der Waals surface area contributed by atoms with Gasteiger partial charge < -0.3 is 5.32 Å². The minimum absolute atomic E-state index is 0.0737. The summed E-state index contributed by atoms with van der Waals surface area (Å²) in [5.74, 6) is -0.673. The molecule has 0 bridgehead atoms. The molecule has 2 heterocycles. The van der Waals surface area contributed by atoms with Crippen molar-refractivity contribution in [1.29, 1.82) is 0 Å². The molecule has 1 N–H and O–H groups in total. The van der Waals surface area contributed by atoms with Gasteiger partial charge in [0.05, 0.1) is 12.5 Å². The number of nitrogens with zero attached hydrogens (tertiary/aromatic N) is 3. The molecule has 3 aromatic rings. The number of hydrogen-bond acceptors (Lipinski definition) is 3. The lowest BCUT2D eigenvalue weighted by molar-refractivity contribution is -0.123. The van der Waals surface area contributed by atoms with Crippen molar-refractivity contribution in [2.45, 2.75) is 44.7 Å². The van der Waals surface area contributed by atoms with Gasteiger partial charge in [0.2, 0.25) is 5.91 Å². The average molecular weight is 443 g/mol. The molecule has 1 unspecified atom stereocenters. The molecule has 1 aromatic heterocycles. The summed E-state index contributed by atoms with van der Waals surface area (Å²) in [7, 11) is 0. The van der Waals surface area contributed by atoms with Crippen molar-refractivity contribution in [3.05, 3.63) is 86.8 Å². The molecule has 0 spiro atoms. The minimum atomic E-state index is -0.490. The molecular formula is C23H24ClFN4O2. The van der Waals surface area contributed by atoms with Crippen LogP contribution in [0.3, 0.4) is 0 Å². The number of hydrogen-bond donors (Lipinski definition) is 1.